The number of nitrogens with zero attached hydrogens (tertiary/aromatic N) is 2. The first-order valence-corrected chi connectivity index (χ1v) is 10.3. The second kappa shape index (κ2) is 9.94. The van der Waals surface area contributed by atoms with E-state index in [1.807, 2.05) is 12.1 Å². The largest absolute Gasteiger partial charge is 0.481 e. The summed E-state index contributed by atoms with van der Waals surface area (Å²) in [4.78, 5) is 42.4. The third kappa shape index (κ3) is 5.84. The summed E-state index contributed by atoms with van der Waals surface area (Å²) in [5.41, 5.74) is 13.8. The fraction of sp³-hybridized carbons (Fsp3) is 0.381. The first-order chi connectivity index (χ1) is 15.2. The number of nitrogens with two attached hydrogens (primary N) is 2. The van der Waals surface area contributed by atoms with Gasteiger partial charge in [-0.2, -0.15) is 9.97 Å². The van der Waals surface area contributed by atoms with Crippen LogP contribution >= 0.6 is 0 Å². The monoisotopic (exact) mass is 442 g/mol. The third-order valence-electron chi connectivity index (χ3n) is 5.33. The molecule has 0 spiro atoms. The molecule has 2 aromatic rings. The first kappa shape index (κ1) is 22.8. The van der Waals surface area contributed by atoms with Gasteiger partial charge in [-0.25, -0.2) is 4.79 Å². The van der Waals surface area contributed by atoms with Crippen molar-refractivity contribution in [2.75, 3.05) is 16.8 Å². The number of carbonyl (C=O) groups excluding carboxylic acids is 1. The summed E-state index contributed by atoms with van der Waals surface area (Å²) in [5.74, 6) is -1.69. The highest BCUT2D eigenvalue weighted by molar-refractivity contribution is 5.96. The molecule has 170 valence electrons. The number of hydrogen-bond donors (Lipinski definition) is 6. The van der Waals surface area contributed by atoms with E-state index in [1.54, 1.807) is 12.1 Å². The summed E-state index contributed by atoms with van der Waals surface area (Å²) in [6.45, 7) is 0. The van der Waals surface area contributed by atoms with Crippen LogP contribution in [0.3, 0.4) is 0 Å². The van der Waals surface area contributed by atoms with Crippen molar-refractivity contribution >= 4 is 35.4 Å². The number of amides is 1. The molecule has 2 atom stereocenters. The zero-order chi connectivity index (χ0) is 23.3. The number of anilines is 3. The highest BCUT2D eigenvalue weighted by atomic mass is 16.4. The third-order valence-corrected chi connectivity index (χ3v) is 5.33. The summed E-state index contributed by atoms with van der Waals surface area (Å²) in [6, 6.07) is 5.85. The summed E-state index contributed by atoms with van der Waals surface area (Å²) >= 11 is 0. The van der Waals surface area contributed by atoms with Gasteiger partial charge < -0.3 is 32.3 Å². The SMILES string of the molecule is Nc1nc(N)c2c(n1)NC(CCCc1ccc(C(=O)N[C@@H](CCC(=O)O)C(=O)O)cc1)C2. The Labute approximate surface area is 184 Å². The number of rotatable bonds is 10. The Hall–Kier alpha value is -3.89. The number of aromatic nitrogens is 2. The minimum Gasteiger partial charge on any atom is -0.481 e. The van der Waals surface area contributed by atoms with Crippen LogP contribution in [0.2, 0.25) is 0 Å². The Morgan fingerprint density at radius 2 is 1.88 bits per heavy atom. The molecule has 11 nitrogen and oxygen atoms in total. The van der Waals surface area contributed by atoms with Gasteiger partial charge in [0.15, 0.2) is 0 Å². The molecule has 0 bridgehead atoms. The van der Waals surface area contributed by atoms with Gasteiger partial charge in [0.1, 0.15) is 17.7 Å². The molecule has 1 aliphatic heterocycles. The Bertz CT molecular complexity index is 1010. The van der Waals surface area contributed by atoms with Gasteiger partial charge in [-0.15, -0.1) is 0 Å². The molecule has 3 rings (SSSR count). The van der Waals surface area contributed by atoms with Crippen molar-refractivity contribution in [3.63, 3.8) is 0 Å². The van der Waals surface area contributed by atoms with Crippen LogP contribution in [0.25, 0.3) is 0 Å². The van der Waals surface area contributed by atoms with Crippen molar-refractivity contribution in [2.24, 2.45) is 0 Å². The van der Waals surface area contributed by atoms with Crippen LogP contribution in [0.4, 0.5) is 17.6 Å². The number of carboxylic acids is 2. The lowest BCUT2D eigenvalue weighted by Gasteiger charge is -2.14. The molecule has 0 fully saturated rings. The summed E-state index contributed by atoms with van der Waals surface area (Å²) in [6.07, 6.45) is 2.81. The smallest absolute Gasteiger partial charge is 0.326 e. The van der Waals surface area contributed by atoms with Crippen LogP contribution in [0.15, 0.2) is 24.3 Å². The van der Waals surface area contributed by atoms with E-state index >= 15 is 0 Å². The molecule has 1 aromatic carbocycles. The molecule has 1 amide bonds. The maximum atomic E-state index is 12.3. The van der Waals surface area contributed by atoms with Crippen molar-refractivity contribution in [1.82, 2.24) is 15.3 Å². The molecular formula is C21H26N6O5. The average Bonchev–Trinajstić information content (AvgIpc) is 3.14. The van der Waals surface area contributed by atoms with Crippen LogP contribution in [-0.2, 0) is 22.4 Å². The van der Waals surface area contributed by atoms with E-state index in [0.29, 0.717) is 17.2 Å². The Morgan fingerprint density at radius 3 is 2.53 bits per heavy atom. The number of nitrogens with one attached hydrogen (secondary N) is 2. The van der Waals surface area contributed by atoms with Gasteiger partial charge in [-0.3, -0.25) is 9.59 Å². The molecule has 2 heterocycles. The van der Waals surface area contributed by atoms with Gasteiger partial charge in [-0.1, -0.05) is 12.1 Å². The zero-order valence-electron chi connectivity index (χ0n) is 17.4. The van der Waals surface area contributed by atoms with E-state index in [2.05, 4.69) is 20.6 Å². The lowest BCUT2D eigenvalue weighted by molar-refractivity contribution is -0.140. The number of aryl methyl sites for hydroxylation is 1. The highest BCUT2D eigenvalue weighted by Gasteiger charge is 2.25. The maximum absolute atomic E-state index is 12.3. The predicted molar refractivity (Wildman–Crippen MR) is 117 cm³/mol. The number of aliphatic carboxylic acids is 2. The fourth-order valence-corrected chi connectivity index (χ4v) is 3.65. The molecule has 11 heteroatoms. The minimum absolute atomic E-state index is 0.148. The van der Waals surface area contributed by atoms with Crippen LogP contribution in [-0.4, -0.2) is 50.1 Å². The van der Waals surface area contributed by atoms with Gasteiger partial charge in [0.05, 0.1) is 0 Å². The zero-order valence-corrected chi connectivity index (χ0v) is 17.4. The van der Waals surface area contributed by atoms with E-state index in [9.17, 15) is 14.4 Å². The average molecular weight is 442 g/mol. The number of hydrogen-bond acceptors (Lipinski definition) is 8. The predicted octanol–water partition coefficient (Wildman–Crippen LogP) is 1.05. The number of fused-ring (bicyclic) bond motifs is 1. The van der Waals surface area contributed by atoms with Gasteiger partial charge in [0.2, 0.25) is 5.95 Å². The molecule has 0 saturated carbocycles. The molecule has 32 heavy (non-hydrogen) atoms. The lowest BCUT2D eigenvalue weighted by Crippen LogP contribution is -2.41. The molecule has 0 aliphatic carbocycles. The maximum Gasteiger partial charge on any atom is 0.326 e. The number of carbonyl (C=O) groups is 3. The van der Waals surface area contributed by atoms with Crippen LogP contribution < -0.4 is 22.1 Å². The van der Waals surface area contributed by atoms with Crippen LogP contribution in [0.5, 0.6) is 0 Å². The molecule has 1 unspecified atom stereocenters. The van der Waals surface area contributed by atoms with E-state index in [0.717, 1.165) is 36.8 Å². The standard InChI is InChI=1S/C21H26N6O5/c22-17-14-10-13(24-18(14)27-21(23)26-17)3-1-2-11-4-6-12(7-5-11)19(30)25-15(20(31)32)8-9-16(28)29/h4-7,13,15H,1-3,8-10H2,(H,25,30)(H,28,29)(H,31,32)(H5,22,23,24,26,27)/t13?,15-/m0/s1. The number of carboxylic acid groups (broad SMARTS) is 2. The van der Waals surface area contributed by atoms with Crippen LogP contribution in [0, 0.1) is 0 Å². The van der Waals surface area contributed by atoms with Crippen molar-refractivity contribution < 1.29 is 24.6 Å². The van der Waals surface area contributed by atoms with Crippen molar-refractivity contribution in [3.8, 4) is 0 Å². The topological polar surface area (TPSA) is 194 Å². The number of benzene rings is 1. The quantitative estimate of drug-likeness (QED) is 0.309. The first-order valence-electron chi connectivity index (χ1n) is 10.3. The molecule has 8 N–H and O–H groups in total. The van der Waals surface area contributed by atoms with Crippen LogP contribution in [0.1, 0.15) is 47.2 Å². The lowest BCUT2D eigenvalue weighted by atomic mass is 10.0. The fourth-order valence-electron chi connectivity index (χ4n) is 3.65. The normalized spacial score (nSPS) is 15.4. The molecular weight excluding hydrogens is 416 g/mol. The molecule has 0 radical (unpaired) electrons. The van der Waals surface area contributed by atoms with Gasteiger partial charge in [0, 0.05) is 23.6 Å². The van der Waals surface area contributed by atoms with E-state index in [4.69, 9.17) is 21.7 Å². The summed E-state index contributed by atoms with van der Waals surface area (Å²) in [7, 11) is 0. The van der Waals surface area contributed by atoms with Crippen molar-refractivity contribution in [3.05, 3.63) is 41.0 Å². The number of nitrogen functional groups attached to an aromatic ring is 2. The summed E-state index contributed by atoms with van der Waals surface area (Å²) in [5, 5.41) is 23.6. The highest BCUT2D eigenvalue weighted by Crippen LogP contribution is 2.30. The van der Waals surface area contributed by atoms with Crippen molar-refractivity contribution in [2.45, 2.75) is 50.6 Å². The Morgan fingerprint density at radius 1 is 1.16 bits per heavy atom. The second-order valence-electron chi connectivity index (χ2n) is 7.73. The van der Waals surface area contributed by atoms with Crippen molar-refractivity contribution in [1.29, 1.82) is 0 Å². The summed E-state index contributed by atoms with van der Waals surface area (Å²) < 4.78 is 0. The second-order valence-corrected chi connectivity index (χ2v) is 7.73. The van der Waals surface area contributed by atoms with Gasteiger partial charge >= 0.3 is 11.9 Å². The van der Waals surface area contributed by atoms with E-state index in [-0.39, 0.29) is 24.8 Å². The molecule has 1 aromatic heterocycles. The van der Waals surface area contributed by atoms with E-state index < -0.39 is 23.9 Å². The van der Waals surface area contributed by atoms with E-state index in [1.165, 1.54) is 0 Å². The van der Waals surface area contributed by atoms with Gasteiger partial charge in [-0.05, 0) is 49.8 Å². The van der Waals surface area contributed by atoms with Gasteiger partial charge in [0.25, 0.3) is 5.91 Å². The molecule has 1 aliphatic rings. The Balaban J connectivity index is 1.47. The minimum atomic E-state index is -1.27. The molecule has 0 saturated heterocycles. The Kier molecular flexibility index (Phi) is 7.08.